The van der Waals surface area contributed by atoms with E-state index >= 15 is 0 Å². The first-order valence-corrected chi connectivity index (χ1v) is 6.61. The molecule has 1 aromatic rings. The second-order valence-corrected chi connectivity index (χ2v) is 4.59. The zero-order valence-corrected chi connectivity index (χ0v) is 11.8. The highest BCUT2D eigenvalue weighted by molar-refractivity contribution is 6.30. The van der Waals surface area contributed by atoms with Crippen LogP contribution in [0, 0.1) is 11.8 Å². The van der Waals surface area contributed by atoms with Crippen molar-refractivity contribution in [3.8, 4) is 17.6 Å². The molecule has 1 unspecified atom stereocenters. The summed E-state index contributed by atoms with van der Waals surface area (Å²) in [7, 11) is 0. The summed E-state index contributed by atoms with van der Waals surface area (Å²) in [6, 6.07) is 5.81. The van der Waals surface area contributed by atoms with Gasteiger partial charge in [0.2, 0.25) is 0 Å². The number of ether oxygens (including phenoxy) is 1. The molecule has 0 amide bonds. The predicted octanol–water partition coefficient (Wildman–Crippen LogP) is 3.41. The molecular weight excluding hydrogens is 246 g/mol. The van der Waals surface area contributed by atoms with Crippen LogP contribution in [0.25, 0.3) is 0 Å². The fraction of sp³-hybridized carbons (Fsp3) is 0.467. The van der Waals surface area contributed by atoms with E-state index in [0.717, 1.165) is 30.6 Å². The molecule has 0 aliphatic heterocycles. The summed E-state index contributed by atoms with van der Waals surface area (Å²) in [5.74, 6) is 6.69. The van der Waals surface area contributed by atoms with Crippen LogP contribution in [0.5, 0.6) is 5.75 Å². The molecular formula is C15H20ClNO. The second-order valence-electron chi connectivity index (χ2n) is 4.15. The lowest BCUT2D eigenvalue weighted by Crippen LogP contribution is -2.21. The highest BCUT2D eigenvalue weighted by Gasteiger charge is 2.08. The Kier molecular flexibility index (Phi) is 6.64. The van der Waals surface area contributed by atoms with Crippen molar-refractivity contribution >= 4 is 11.6 Å². The van der Waals surface area contributed by atoms with E-state index in [4.69, 9.17) is 22.1 Å². The topological polar surface area (TPSA) is 35.2 Å². The first kappa shape index (κ1) is 14.9. The van der Waals surface area contributed by atoms with Crippen molar-refractivity contribution in [3.05, 3.63) is 28.8 Å². The molecule has 2 nitrogen and oxygen atoms in total. The van der Waals surface area contributed by atoms with Gasteiger partial charge in [-0.05, 0) is 43.5 Å². The van der Waals surface area contributed by atoms with Crippen molar-refractivity contribution in [3.63, 3.8) is 0 Å². The zero-order valence-electron chi connectivity index (χ0n) is 11.0. The highest BCUT2D eigenvalue weighted by Crippen LogP contribution is 2.24. The second kappa shape index (κ2) is 8.02. The van der Waals surface area contributed by atoms with Crippen LogP contribution in [0.15, 0.2) is 18.2 Å². The minimum Gasteiger partial charge on any atom is -0.492 e. The van der Waals surface area contributed by atoms with Crippen LogP contribution in [-0.2, 0) is 6.42 Å². The summed E-state index contributed by atoms with van der Waals surface area (Å²) in [6.45, 7) is 4.50. The zero-order chi connectivity index (χ0) is 13.4. The van der Waals surface area contributed by atoms with Crippen LogP contribution in [-0.4, -0.2) is 12.6 Å². The van der Waals surface area contributed by atoms with Crippen LogP contribution in [0.1, 0.15) is 32.3 Å². The molecule has 18 heavy (non-hydrogen) atoms. The maximum absolute atomic E-state index is 6.01. The molecule has 1 aromatic carbocycles. The van der Waals surface area contributed by atoms with Gasteiger partial charge in [0.25, 0.3) is 0 Å². The van der Waals surface area contributed by atoms with Gasteiger partial charge in [0.05, 0.1) is 6.61 Å². The number of benzene rings is 1. The molecule has 0 heterocycles. The van der Waals surface area contributed by atoms with Crippen LogP contribution >= 0.6 is 11.6 Å². The number of hydrogen-bond acceptors (Lipinski definition) is 2. The third-order valence-corrected chi connectivity index (χ3v) is 2.93. The molecule has 0 aliphatic carbocycles. The van der Waals surface area contributed by atoms with Gasteiger partial charge in [-0.15, -0.1) is 11.8 Å². The highest BCUT2D eigenvalue weighted by atomic mass is 35.5. The van der Waals surface area contributed by atoms with Gasteiger partial charge in [0, 0.05) is 17.5 Å². The van der Waals surface area contributed by atoms with Crippen molar-refractivity contribution in [1.82, 2.24) is 0 Å². The molecule has 3 heteroatoms. The average molecular weight is 266 g/mol. The van der Waals surface area contributed by atoms with Gasteiger partial charge in [0.1, 0.15) is 5.75 Å². The maximum Gasteiger partial charge on any atom is 0.122 e. The van der Waals surface area contributed by atoms with Crippen molar-refractivity contribution in [2.75, 3.05) is 6.61 Å². The standard InChI is InChI=1S/C15H20ClNO/c1-3-5-6-9-18-15-8-7-13(16)10-12(15)11-14(17)4-2/h7-8,10,14H,4,6,9,11,17H2,1-2H3. The van der Waals surface area contributed by atoms with E-state index in [1.54, 1.807) is 0 Å². The SMILES string of the molecule is CC#CCCOc1ccc(Cl)cc1CC(N)CC. The Labute approximate surface area is 114 Å². The van der Waals surface area contributed by atoms with Gasteiger partial charge in [-0.3, -0.25) is 0 Å². The largest absolute Gasteiger partial charge is 0.492 e. The smallest absolute Gasteiger partial charge is 0.122 e. The molecule has 0 fully saturated rings. The monoisotopic (exact) mass is 265 g/mol. The molecule has 0 aromatic heterocycles. The number of nitrogens with two attached hydrogens (primary N) is 1. The van der Waals surface area contributed by atoms with Crippen molar-refractivity contribution in [2.24, 2.45) is 5.73 Å². The van der Waals surface area contributed by atoms with E-state index in [9.17, 15) is 0 Å². The van der Waals surface area contributed by atoms with E-state index in [-0.39, 0.29) is 6.04 Å². The van der Waals surface area contributed by atoms with Crippen molar-refractivity contribution in [2.45, 2.75) is 39.2 Å². The van der Waals surface area contributed by atoms with E-state index in [1.807, 2.05) is 25.1 Å². The number of rotatable bonds is 6. The van der Waals surface area contributed by atoms with Crippen molar-refractivity contribution in [1.29, 1.82) is 0 Å². The molecule has 1 atom stereocenters. The van der Waals surface area contributed by atoms with Gasteiger partial charge in [0.15, 0.2) is 0 Å². The molecule has 0 spiro atoms. The summed E-state index contributed by atoms with van der Waals surface area (Å²) in [6.07, 6.45) is 2.46. The maximum atomic E-state index is 6.01. The summed E-state index contributed by atoms with van der Waals surface area (Å²) in [4.78, 5) is 0. The quantitative estimate of drug-likeness (QED) is 0.632. The molecule has 1 rings (SSSR count). The lowest BCUT2D eigenvalue weighted by Gasteiger charge is -2.14. The Hall–Kier alpha value is -1.17. The minimum absolute atomic E-state index is 0.140. The molecule has 2 N–H and O–H groups in total. The first-order valence-electron chi connectivity index (χ1n) is 6.23. The summed E-state index contributed by atoms with van der Waals surface area (Å²) in [5.41, 5.74) is 7.05. The van der Waals surface area contributed by atoms with Gasteiger partial charge >= 0.3 is 0 Å². The molecule has 0 saturated carbocycles. The lowest BCUT2D eigenvalue weighted by molar-refractivity contribution is 0.323. The molecule has 0 saturated heterocycles. The van der Waals surface area contributed by atoms with Gasteiger partial charge < -0.3 is 10.5 Å². The predicted molar refractivity (Wildman–Crippen MR) is 77.0 cm³/mol. The van der Waals surface area contributed by atoms with Crippen LogP contribution < -0.4 is 10.5 Å². The third kappa shape index (κ3) is 5.00. The average Bonchev–Trinajstić information content (AvgIpc) is 2.36. The van der Waals surface area contributed by atoms with E-state index in [0.29, 0.717) is 11.6 Å². The molecule has 0 bridgehead atoms. The van der Waals surface area contributed by atoms with Gasteiger partial charge in [-0.25, -0.2) is 0 Å². The Morgan fingerprint density at radius 3 is 2.89 bits per heavy atom. The molecule has 0 aliphatic rings. The fourth-order valence-corrected chi connectivity index (χ4v) is 1.81. The van der Waals surface area contributed by atoms with Gasteiger partial charge in [-0.1, -0.05) is 18.5 Å². The summed E-state index contributed by atoms with van der Waals surface area (Å²) < 4.78 is 5.72. The van der Waals surface area contributed by atoms with E-state index in [2.05, 4.69) is 18.8 Å². The van der Waals surface area contributed by atoms with Gasteiger partial charge in [-0.2, -0.15) is 0 Å². The Morgan fingerprint density at radius 1 is 1.44 bits per heavy atom. The minimum atomic E-state index is 0.140. The Balaban J connectivity index is 2.71. The first-order chi connectivity index (χ1) is 8.67. The van der Waals surface area contributed by atoms with Crippen LogP contribution in [0.4, 0.5) is 0 Å². The Bertz CT molecular complexity index is 434. The lowest BCUT2D eigenvalue weighted by atomic mass is 10.0. The Morgan fingerprint density at radius 2 is 2.22 bits per heavy atom. The molecule has 0 radical (unpaired) electrons. The number of halogens is 1. The third-order valence-electron chi connectivity index (χ3n) is 2.69. The van der Waals surface area contributed by atoms with Crippen LogP contribution in [0.2, 0.25) is 5.02 Å². The summed E-state index contributed by atoms with van der Waals surface area (Å²) >= 11 is 6.01. The van der Waals surface area contributed by atoms with Crippen molar-refractivity contribution < 1.29 is 4.74 Å². The van der Waals surface area contributed by atoms with Crippen LogP contribution in [0.3, 0.4) is 0 Å². The van der Waals surface area contributed by atoms with E-state index < -0.39 is 0 Å². The van der Waals surface area contributed by atoms with E-state index in [1.165, 1.54) is 0 Å². The fourth-order valence-electron chi connectivity index (χ4n) is 1.61. The summed E-state index contributed by atoms with van der Waals surface area (Å²) in [5, 5.41) is 0.717. The molecule has 98 valence electrons. The normalized spacial score (nSPS) is 11.6. The number of hydrogen-bond donors (Lipinski definition) is 1.